The average molecular weight is 382 g/mol. The molecule has 1 heterocycles. The molecule has 1 aliphatic rings. The molecule has 26 heavy (non-hydrogen) atoms. The Bertz CT molecular complexity index is 610. The minimum absolute atomic E-state index is 0.0685. The fraction of sp³-hybridized carbons (Fsp3) is 0.600. The summed E-state index contributed by atoms with van der Waals surface area (Å²) in [4.78, 5) is 27.1. The van der Waals surface area contributed by atoms with Gasteiger partial charge < -0.3 is 9.64 Å². The maximum atomic E-state index is 13.6. The molecule has 1 aromatic rings. The van der Waals surface area contributed by atoms with Gasteiger partial charge in [-0.3, -0.25) is 4.79 Å². The van der Waals surface area contributed by atoms with Crippen molar-refractivity contribution >= 4 is 23.6 Å². The normalized spacial score (nSPS) is 19.6. The Kier molecular flexibility index (Phi) is 8.42. The summed E-state index contributed by atoms with van der Waals surface area (Å²) in [6, 6.07) is 5.06. The van der Waals surface area contributed by atoms with Gasteiger partial charge in [-0.25, -0.2) is 9.18 Å². The fourth-order valence-electron chi connectivity index (χ4n) is 2.99. The standard InChI is InChI=1S/C20H28FNO3S/c1-3-5-7-11-18-22(19(23)15-9-8-10-16(21)13-15)17(14-26-18)20(24)25-12-6-4-2/h8-10,13,17-18H,3-7,11-12,14H2,1-2H3. The Morgan fingerprint density at radius 3 is 2.69 bits per heavy atom. The molecule has 0 aromatic heterocycles. The molecule has 0 N–H and O–H groups in total. The lowest BCUT2D eigenvalue weighted by Crippen LogP contribution is -2.46. The van der Waals surface area contributed by atoms with E-state index in [2.05, 4.69) is 6.92 Å². The molecule has 2 atom stereocenters. The van der Waals surface area contributed by atoms with Gasteiger partial charge in [-0.15, -0.1) is 11.8 Å². The molecule has 144 valence electrons. The predicted molar refractivity (Wildman–Crippen MR) is 103 cm³/mol. The second-order valence-corrected chi connectivity index (χ2v) is 7.75. The van der Waals surface area contributed by atoms with Crippen LogP contribution in [0.15, 0.2) is 24.3 Å². The SMILES string of the molecule is CCCCCC1SCC(C(=O)OCCCC)N1C(=O)c1cccc(F)c1. The number of amides is 1. The number of benzene rings is 1. The molecule has 1 fully saturated rings. The molecule has 1 aromatic carbocycles. The summed E-state index contributed by atoms with van der Waals surface area (Å²) >= 11 is 1.61. The Morgan fingerprint density at radius 1 is 1.23 bits per heavy atom. The summed E-state index contributed by atoms with van der Waals surface area (Å²) in [7, 11) is 0. The highest BCUT2D eigenvalue weighted by molar-refractivity contribution is 8.00. The Labute approximate surface area is 159 Å². The predicted octanol–water partition coefficient (Wildman–Crippen LogP) is 4.63. The first-order valence-corrected chi connectivity index (χ1v) is 10.5. The Hall–Kier alpha value is -1.56. The highest BCUT2D eigenvalue weighted by atomic mass is 32.2. The van der Waals surface area contributed by atoms with Gasteiger partial charge in [-0.05, 0) is 31.0 Å². The van der Waals surface area contributed by atoms with Gasteiger partial charge in [0.2, 0.25) is 0 Å². The van der Waals surface area contributed by atoms with Crippen LogP contribution in [-0.4, -0.2) is 40.6 Å². The topological polar surface area (TPSA) is 46.6 Å². The number of hydrogen-bond acceptors (Lipinski definition) is 4. The van der Waals surface area contributed by atoms with Crippen molar-refractivity contribution in [2.75, 3.05) is 12.4 Å². The zero-order valence-electron chi connectivity index (χ0n) is 15.6. The number of hydrogen-bond donors (Lipinski definition) is 0. The first-order chi connectivity index (χ1) is 12.6. The molecular weight excluding hydrogens is 353 g/mol. The lowest BCUT2D eigenvalue weighted by atomic mass is 10.1. The second-order valence-electron chi connectivity index (χ2n) is 6.54. The van der Waals surface area contributed by atoms with Crippen LogP contribution in [0, 0.1) is 5.82 Å². The van der Waals surface area contributed by atoms with Crippen molar-refractivity contribution < 1.29 is 18.7 Å². The number of ether oxygens (including phenoxy) is 1. The molecule has 0 aliphatic carbocycles. The Balaban J connectivity index is 2.16. The van der Waals surface area contributed by atoms with Gasteiger partial charge in [-0.1, -0.05) is 45.6 Å². The van der Waals surface area contributed by atoms with Crippen LogP contribution in [0.2, 0.25) is 0 Å². The molecule has 0 radical (unpaired) electrons. The van der Waals surface area contributed by atoms with E-state index in [0.717, 1.165) is 38.5 Å². The van der Waals surface area contributed by atoms with E-state index in [-0.39, 0.29) is 22.8 Å². The van der Waals surface area contributed by atoms with Crippen LogP contribution < -0.4 is 0 Å². The lowest BCUT2D eigenvalue weighted by molar-refractivity contribution is -0.148. The van der Waals surface area contributed by atoms with Crippen LogP contribution in [-0.2, 0) is 9.53 Å². The summed E-state index contributed by atoms with van der Waals surface area (Å²) in [5.74, 6) is -0.572. The number of nitrogens with zero attached hydrogens (tertiary/aromatic N) is 1. The van der Waals surface area contributed by atoms with Crippen molar-refractivity contribution in [3.8, 4) is 0 Å². The summed E-state index contributed by atoms with van der Waals surface area (Å²) in [5, 5.41) is -0.0685. The summed E-state index contributed by atoms with van der Waals surface area (Å²) in [6.45, 7) is 4.53. The van der Waals surface area contributed by atoms with Crippen LogP contribution in [0.4, 0.5) is 4.39 Å². The van der Waals surface area contributed by atoms with Gasteiger partial charge in [0.25, 0.3) is 5.91 Å². The Morgan fingerprint density at radius 2 is 2.00 bits per heavy atom. The smallest absolute Gasteiger partial charge is 0.329 e. The maximum Gasteiger partial charge on any atom is 0.329 e. The largest absolute Gasteiger partial charge is 0.464 e. The molecule has 1 aliphatic heterocycles. The quantitative estimate of drug-likeness (QED) is 0.462. The third-order valence-electron chi connectivity index (χ3n) is 4.47. The highest BCUT2D eigenvalue weighted by Gasteiger charge is 2.42. The van der Waals surface area contributed by atoms with Gasteiger partial charge >= 0.3 is 5.97 Å². The molecule has 2 rings (SSSR count). The molecule has 1 amide bonds. The van der Waals surface area contributed by atoms with Crippen molar-refractivity contribution in [2.45, 2.75) is 63.8 Å². The van der Waals surface area contributed by atoms with Crippen molar-refractivity contribution in [3.63, 3.8) is 0 Å². The van der Waals surface area contributed by atoms with E-state index in [9.17, 15) is 14.0 Å². The van der Waals surface area contributed by atoms with E-state index in [1.807, 2.05) is 6.92 Å². The third kappa shape index (κ3) is 5.47. The fourth-order valence-corrected chi connectivity index (χ4v) is 4.43. The number of unbranched alkanes of at least 4 members (excludes halogenated alkanes) is 3. The van der Waals surface area contributed by atoms with Gasteiger partial charge in [0.1, 0.15) is 11.9 Å². The number of carbonyl (C=O) groups excluding carboxylic acids is 2. The van der Waals surface area contributed by atoms with Gasteiger partial charge in [0.05, 0.1) is 12.0 Å². The number of thioether (sulfide) groups is 1. The highest BCUT2D eigenvalue weighted by Crippen LogP contribution is 2.34. The number of rotatable bonds is 9. The molecule has 4 nitrogen and oxygen atoms in total. The van der Waals surface area contributed by atoms with E-state index in [1.54, 1.807) is 22.7 Å². The third-order valence-corrected chi connectivity index (χ3v) is 5.82. The zero-order valence-corrected chi connectivity index (χ0v) is 16.4. The number of esters is 1. The monoisotopic (exact) mass is 381 g/mol. The summed E-state index contributed by atoms with van der Waals surface area (Å²) < 4.78 is 18.9. The molecule has 1 saturated heterocycles. The van der Waals surface area contributed by atoms with Gasteiger partial charge in [0, 0.05) is 11.3 Å². The van der Waals surface area contributed by atoms with Crippen molar-refractivity contribution in [1.29, 1.82) is 0 Å². The number of carbonyl (C=O) groups is 2. The van der Waals surface area contributed by atoms with Crippen LogP contribution in [0.1, 0.15) is 62.7 Å². The van der Waals surface area contributed by atoms with Gasteiger partial charge in [-0.2, -0.15) is 0 Å². The molecule has 0 bridgehead atoms. The van der Waals surface area contributed by atoms with Crippen LogP contribution in [0.5, 0.6) is 0 Å². The lowest BCUT2D eigenvalue weighted by Gasteiger charge is -2.28. The molecule has 0 saturated carbocycles. The van der Waals surface area contributed by atoms with E-state index < -0.39 is 11.9 Å². The molecule has 0 spiro atoms. The van der Waals surface area contributed by atoms with E-state index >= 15 is 0 Å². The first kappa shape index (κ1) is 20.7. The minimum atomic E-state index is -0.598. The molecule has 6 heteroatoms. The van der Waals surface area contributed by atoms with Crippen molar-refractivity contribution in [1.82, 2.24) is 4.90 Å². The minimum Gasteiger partial charge on any atom is -0.464 e. The average Bonchev–Trinajstić information content (AvgIpc) is 3.05. The summed E-state index contributed by atoms with van der Waals surface area (Å²) in [6.07, 6.45) is 5.76. The molecule has 2 unspecified atom stereocenters. The van der Waals surface area contributed by atoms with E-state index in [1.165, 1.54) is 18.2 Å². The van der Waals surface area contributed by atoms with Gasteiger partial charge in [0.15, 0.2) is 0 Å². The van der Waals surface area contributed by atoms with Crippen LogP contribution >= 0.6 is 11.8 Å². The van der Waals surface area contributed by atoms with Crippen molar-refractivity contribution in [2.24, 2.45) is 0 Å². The summed E-state index contributed by atoms with van der Waals surface area (Å²) in [5.41, 5.74) is 0.277. The van der Waals surface area contributed by atoms with Crippen LogP contribution in [0.25, 0.3) is 0 Å². The first-order valence-electron chi connectivity index (χ1n) is 9.45. The van der Waals surface area contributed by atoms with E-state index in [0.29, 0.717) is 12.4 Å². The van der Waals surface area contributed by atoms with E-state index in [4.69, 9.17) is 4.74 Å². The zero-order chi connectivity index (χ0) is 18.9. The van der Waals surface area contributed by atoms with Crippen molar-refractivity contribution in [3.05, 3.63) is 35.6 Å². The molecular formula is C20H28FNO3S. The second kappa shape index (κ2) is 10.6. The van der Waals surface area contributed by atoms with Crippen LogP contribution in [0.3, 0.4) is 0 Å². The maximum absolute atomic E-state index is 13.6. The number of halogens is 1.